The molecule has 2 aliphatic heterocycles. The van der Waals surface area contributed by atoms with E-state index in [0.29, 0.717) is 24.2 Å². The Balaban J connectivity index is 1.55. The van der Waals surface area contributed by atoms with Crippen molar-refractivity contribution in [2.75, 3.05) is 26.7 Å². The highest BCUT2D eigenvalue weighted by molar-refractivity contribution is 5.77. The van der Waals surface area contributed by atoms with Crippen LogP contribution in [0.5, 0.6) is 5.75 Å². The topological polar surface area (TPSA) is 58.8 Å². The number of carbonyl (C=O) groups is 1. The van der Waals surface area contributed by atoms with Gasteiger partial charge in [-0.1, -0.05) is 31.1 Å². The zero-order chi connectivity index (χ0) is 20.5. The number of methoxy groups -OCH3 is 1. The van der Waals surface area contributed by atoms with Gasteiger partial charge in [0.25, 0.3) is 0 Å². The summed E-state index contributed by atoms with van der Waals surface area (Å²) >= 11 is 0. The van der Waals surface area contributed by atoms with E-state index >= 15 is 0 Å². The lowest BCUT2D eigenvalue weighted by Gasteiger charge is -2.30. The van der Waals surface area contributed by atoms with E-state index in [-0.39, 0.29) is 11.9 Å². The summed E-state index contributed by atoms with van der Waals surface area (Å²) in [5, 5.41) is 4.15. The molecule has 0 bridgehead atoms. The molecule has 0 saturated carbocycles. The molecule has 1 aromatic heterocycles. The lowest BCUT2D eigenvalue weighted by atomic mass is 9.89. The molecule has 0 N–H and O–H groups in total. The van der Waals surface area contributed by atoms with Crippen LogP contribution in [-0.2, 0) is 11.3 Å². The van der Waals surface area contributed by atoms with Gasteiger partial charge in [0.2, 0.25) is 5.91 Å². The monoisotopic (exact) mass is 397 g/mol. The fourth-order valence-electron chi connectivity index (χ4n) is 4.94. The molecule has 0 unspecified atom stereocenters. The zero-order valence-corrected chi connectivity index (χ0v) is 17.8. The molecule has 4 rings (SSSR count). The Morgan fingerprint density at radius 2 is 2.00 bits per heavy atom. The SMILES string of the molecule is COc1ccc([C@H]2[C@H]3CN(Cc4cc(C)on4)C[C@H]3CN2C(=O)CC(C)C)cc1. The van der Waals surface area contributed by atoms with Gasteiger partial charge < -0.3 is 14.2 Å². The number of likely N-dealkylation sites (tertiary alicyclic amines) is 2. The Labute approximate surface area is 172 Å². The minimum absolute atomic E-state index is 0.126. The maximum absolute atomic E-state index is 13.0. The average Bonchev–Trinajstić information content (AvgIpc) is 3.35. The largest absolute Gasteiger partial charge is 0.497 e. The molecule has 2 fully saturated rings. The van der Waals surface area contributed by atoms with Gasteiger partial charge in [0.15, 0.2) is 0 Å². The zero-order valence-electron chi connectivity index (χ0n) is 17.8. The molecule has 0 aliphatic carbocycles. The van der Waals surface area contributed by atoms with Crippen molar-refractivity contribution in [2.45, 2.75) is 39.8 Å². The number of fused-ring (bicyclic) bond motifs is 1. The number of aryl methyl sites for hydroxylation is 1. The molecule has 2 saturated heterocycles. The van der Waals surface area contributed by atoms with Gasteiger partial charge in [-0.2, -0.15) is 0 Å². The number of carbonyl (C=O) groups excluding carboxylic acids is 1. The van der Waals surface area contributed by atoms with Crippen LogP contribution in [0.3, 0.4) is 0 Å². The highest BCUT2D eigenvalue weighted by Gasteiger charge is 2.48. The van der Waals surface area contributed by atoms with Crippen molar-refractivity contribution in [3.63, 3.8) is 0 Å². The molecule has 3 heterocycles. The number of hydrogen-bond donors (Lipinski definition) is 0. The summed E-state index contributed by atoms with van der Waals surface area (Å²) in [6, 6.07) is 10.4. The molecule has 6 heteroatoms. The normalized spacial score (nSPS) is 24.3. The number of aromatic nitrogens is 1. The van der Waals surface area contributed by atoms with E-state index in [0.717, 1.165) is 43.4 Å². The van der Waals surface area contributed by atoms with Crippen molar-refractivity contribution in [1.82, 2.24) is 15.0 Å². The van der Waals surface area contributed by atoms with E-state index in [1.807, 2.05) is 25.1 Å². The van der Waals surface area contributed by atoms with Crippen LogP contribution in [0.15, 0.2) is 34.9 Å². The molecule has 29 heavy (non-hydrogen) atoms. The van der Waals surface area contributed by atoms with E-state index in [1.54, 1.807) is 7.11 Å². The van der Waals surface area contributed by atoms with Gasteiger partial charge in [-0.05, 0) is 36.5 Å². The molecule has 156 valence electrons. The molecule has 2 aliphatic rings. The summed E-state index contributed by atoms with van der Waals surface area (Å²) < 4.78 is 10.6. The maximum atomic E-state index is 13.0. The van der Waals surface area contributed by atoms with Crippen LogP contribution in [0.4, 0.5) is 0 Å². The lowest BCUT2D eigenvalue weighted by molar-refractivity contribution is -0.133. The quantitative estimate of drug-likeness (QED) is 0.744. The fourth-order valence-corrected chi connectivity index (χ4v) is 4.94. The average molecular weight is 398 g/mol. The second-order valence-corrected chi connectivity index (χ2v) is 8.91. The Morgan fingerprint density at radius 1 is 1.24 bits per heavy atom. The molecular formula is C23H31N3O3. The van der Waals surface area contributed by atoms with Gasteiger partial charge in [-0.25, -0.2) is 0 Å². The highest BCUT2D eigenvalue weighted by Crippen LogP contribution is 2.45. The number of rotatable bonds is 6. The summed E-state index contributed by atoms with van der Waals surface area (Å²) in [7, 11) is 1.68. The lowest BCUT2D eigenvalue weighted by Crippen LogP contribution is -2.36. The van der Waals surface area contributed by atoms with Crippen LogP contribution < -0.4 is 4.74 Å². The van der Waals surface area contributed by atoms with Gasteiger partial charge in [-0.3, -0.25) is 9.69 Å². The summed E-state index contributed by atoms with van der Waals surface area (Å²) in [5.74, 6) is 3.26. The maximum Gasteiger partial charge on any atom is 0.223 e. The van der Waals surface area contributed by atoms with E-state index in [4.69, 9.17) is 9.26 Å². The van der Waals surface area contributed by atoms with Crippen LogP contribution in [0.1, 0.15) is 43.3 Å². The molecule has 1 amide bonds. The van der Waals surface area contributed by atoms with Gasteiger partial charge in [0.05, 0.1) is 18.8 Å². The van der Waals surface area contributed by atoms with Crippen LogP contribution in [0.2, 0.25) is 0 Å². The predicted octanol–water partition coefficient (Wildman–Crippen LogP) is 3.67. The minimum atomic E-state index is 0.126. The third-order valence-corrected chi connectivity index (χ3v) is 6.16. The predicted molar refractivity (Wildman–Crippen MR) is 110 cm³/mol. The van der Waals surface area contributed by atoms with Gasteiger partial charge in [-0.15, -0.1) is 0 Å². The van der Waals surface area contributed by atoms with Crippen molar-refractivity contribution in [3.05, 3.63) is 47.3 Å². The summed E-state index contributed by atoms with van der Waals surface area (Å²) in [4.78, 5) is 17.6. The standard InChI is InChI=1S/C23H31N3O3/c1-15(2)9-22(27)26-12-18-11-25(13-19-10-16(3)29-24-19)14-21(18)23(26)17-5-7-20(28-4)8-6-17/h5-8,10,15,18,21,23H,9,11-14H2,1-4H3/t18-,21-,23-/m0/s1. The van der Waals surface area contributed by atoms with E-state index in [9.17, 15) is 4.79 Å². The summed E-state index contributed by atoms with van der Waals surface area (Å²) in [5.41, 5.74) is 2.19. The third kappa shape index (κ3) is 4.17. The molecule has 0 spiro atoms. The number of ether oxygens (including phenoxy) is 1. The Bertz CT molecular complexity index is 845. The Hall–Kier alpha value is -2.34. The van der Waals surface area contributed by atoms with E-state index < -0.39 is 0 Å². The summed E-state index contributed by atoms with van der Waals surface area (Å²) in [6.07, 6.45) is 0.605. The van der Waals surface area contributed by atoms with E-state index in [2.05, 4.69) is 40.9 Å². The Kier molecular flexibility index (Phi) is 5.63. The smallest absolute Gasteiger partial charge is 0.223 e. The highest BCUT2D eigenvalue weighted by atomic mass is 16.5. The fraction of sp³-hybridized carbons (Fsp3) is 0.565. The number of hydrogen-bond acceptors (Lipinski definition) is 5. The first-order valence-electron chi connectivity index (χ1n) is 10.5. The van der Waals surface area contributed by atoms with E-state index in [1.165, 1.54) is 5.56 Å². The summed E-state index contributed by atoms with van der Waals surface area (Å²) in [6.45, 7) is 9.75. The van der Waals surface area contributed by atoms with Crippen LogP contribution in [0, 0.1) is 24.7 Å². The van der Waals surface area contributed by atoms with Crippen molar-refractivity contribution in [2.24, 2.45) is 17.8 Å². The first-order valence-corrected chi connectivity index (χ1v) is 10.5. The van der Waals surface area contributed by atoms with Crippen molar-refractivity contribution in [1.29, 1.82) is 0 Å². The first-order chi connectivity index (χ1) is 13.9. The molecule has 1 aromatic carbocycles. The van der Waals surface area contributed by atoms with Crippen LogP contribution in [-0.4, -0.2) is 47.6 Å². The molecular weight excluding hydrogens is 366 g/mol. The van der Waals surface area contributed by atoms with Crippen LogP contribution in [0.25, 0.3) is 0 Å². The molecule has 2 aromatic rings. The first kappa shape index (κ1) is 20.0. The molecule has 3 atom stereocenters. The van der Waals surface area contributed by atoms with Crippen LogP contribution >= 0.6 is 0 Å². The molecule has 6 nitrogen and oxygen atoms in total. The second kappa shape index (κ2) is 8.19. The van der Waals surface area contributed by atoms with Gasteiger partial charge in [0.1, 0.15) is 11.5 Å². The number of amides is 1. The molecule has 0 radical (unpaired) electrons. The second-order valence-electron chi connectivity index (χ2n) is 8.91. The van der Waals surface area contributed by atoms with Gasteiger partial charge in [0, 0.05) is 44.6 Å². The number of benzene rings is 1. The van der Waals surface area contributed by atoms with Crippen molar-refractivity contribution < 1.29 is 14.1 Å². The third-order valence-electron chi connectivity index (χ3n) is 6.16. The minimum Gasteiger partial charge on any atom is -0.497 e. The van der Waals surface area contributed by atoms with Gasteiger partial charge >= 0.3 is 0 Å². The van der Waals surface area contributed by atoms with Crippen molar-refractivity contribution >= 4 is 5.91 Å². The van der Waals surface area contributed by atoms with Crippen molar-refractivity contribution in [3.8, 4) is 5.75 Å². The number of nitrogens with zero attached hydrogens (tertiary/aromatic N) is 3. The Morgan fingerprint density at radius 3 is 2.62 bits per heavy atom.